The summed E-state index contributed by atoms with van der Waals surface area (Å²) in [7, 11) is 1.90. The molecular formula is C20H20N4O. The van der Waals surface area contributed by atoms with Crippen molar-refractivity contribution in [3.05, 3.63) is 59.9 Å². The number of hydrogen-bond acceptors (Lipinski definition) is 3. The van der Waals surface area contributed by atoms with E-state index in [1.165, 1.54) is 0 Å². The molecule has 1 aliphatic rings. The summed E-state index contributed by atoms with van der Waals surface area (Å²) in [5, 5.41) is 7.30. The van der Waals surface area contributed by atoms with Crippen LogP contribution in [0, 0.1) is 6.92 Å². The van der Waals surface area contributed by atoms with Gasteiger partial charge in [-0.25, -0.2) is 0 Å². The van der Waals surface area contributed by atoms with Gasteiger partial charge in [0.2, 0.25) is 0 Å². The fraction of sp³-hybridized carbons (Fsp3) is 0.250. The number of carbonyl (C=O) groups is 1. The molecule has 0 saturated heterocycles. The van der Waals surface area contributed by atoms with Crippen molar-refractivity contribution in [2.75, 3.05) is 0 Å². The van der Waals surface area contributed by atoms with Gasteiger partial charge in [0.1, 0.15) is 0 Å². The maximum Gasteiger partial charge on any atom is 0.251 e. The maximum absolute atomic E-state index is 12.6. The van der Waals surface area contributed by atoms with Gasteiger partial charge in [-0.15, -0.1) is 0 Å². The molecule has 126 valence electrons. The second-order valence-electron chi connectivity index (χ2n) is 6.61. The van der Waals surface area contributed by atoms with Crippen LogP contribution in [0.15, 0.2) is 48.8 Å². The van der Waals surface area contributed by atoms with E-state index in [1.807, 2.05) is 55.2 Å². The molecule has 1 aromatic carbocycles. The van der Waals surface area contributed by atoms with Crippen molar-refractivity contribution >= 4 is 5.91 Å². The minimum Gasteiger partial charge on any atom is -0.349 e. The number of aromatic nitrogens is 3. The molecule has 5 heteroatoms. The predicted molar refractivity (Wildman–Crippen MR) is 97.1 cm³/mol. The summed E-state index contributed by atoms with van der Waals surface area (Å²) in [4.78, 5) is 17.1. The van der Waals surface area contributed by atoms with Crippen LogP contribution in [-0.2, 0) is 7.05 Å². The molecule has 0 spiro atoms. The third-order valence-electron chi connectivity index (χ3n) is 4.43. The molecule has 0 radical (unpaired) electrons. The lowest BCUT2D eigenvalue weighted by Crippen LogP contribution is -2.25. The lowest BCUT2D eigenvalue weighted by atomic mass is 10.0. The van der Waals surface area contributed by atoms with Gasteiger partial charge in [-0.05, 0) is 55.7 Å². The monoisotopic (exact) mass is 332 g/mol. The highest BCUT2D eigenvalue weighted by Crippen LogP contribution is 2.28. The number of benzene rings is 1. The van der Waals surface area contributed by atoms with E-state index >= 15 is 0 Å². The van der Waals surface area contributed by atoms with E-state index in [9.17, 15) is 4.79 Å². The summed E-state index contributed by atoms with van der Waals surface area (Å²) in [6, 6.07) is 12.2. The summed E-state index contributed by atoms with van der Waals surface area (Å²) >= 11 is 0. The largest absolute Gasteiger partial charge is 0.349 e. The Hall–Kier alpha value is -2.95. The minimum absolute atomic E-state index is 0.0279. The van der Waals surface area contributed by atoms with Gasteiger partial charge in [-0.3, -0.25) is 14.5 Å². The molecule has 0 unspecified atom stereocenters. The number of hydrogen-bond donors (Lipinski definition) is 1. The molecule has 0 bridgehead atoms. The highest BCUT2D eigenvalue weighted by Gasteiger charge is 2.24. The van der Waals surface area contributed by atoms with Gasteiger partial charge in [-0.1, -0.05) is 6.07 Å². The summed E-state index contributed by atoms with van der Waals surface area (Å²) in [5.74, 6) is -0.0279. The third kappa shape index (κ3) is 3.31. The minimum atomic E-state index is -0.0279. The molecule has 1 saturated carbocycles. The van der Waals surface area contributed by atoms with E-state index in [4.69, 9.17) is 0 Å². The average Bonchev–Trinajstić information content (AvgIpc) is 3.32. The Labute approximate surface area is 146 Å². The molecule has 1 aliphatic carbocycles. The van der Waals surface area contributed by atoms with E-state index in [0.717, 1.165) is 40.9 Å². The highest BCUT2D eigenvalue weighted by molar-refractivity contribution is 5.97. The Kier molecular flexibility index (Phi) is 3.84. The fourth-order valence-electron chi connectivity index (χ4n) is 2.85. The molecule has 5 nitrogen and oxygen atoms in total. The number of nitrogens with one attached hydrogen (secondary N) is 1. The molecule has 4 rings (SSSR count). The number of amides is 1. The Morgan fingerprint density at radius 1 is 1.16 bits per heavy atom. The number of aryl methyl sites for hydroxylation is 2. The van der Waals surface area contributed by atoms with Crippen molar-refractivity contribution < 1.29 is 4.79 Å². The third-order valence-corrected chi connectivity index (χ3v) is 4.43. The van der Waals surface area contributed by atoms with Gasteiger partial charge in [-0.2, -0.15) is 5.10 Å². The molecule has 3 aromatic rings. The van der Waals surface area contributed by atoms with Crippen molar-refractivity contribution in [1.29, 1.82) is 0 Å². The summed E-state index contributed by atoms with van der Waals surface area (Å²) in [5.41, 5.74) is 5.48. The highest BCUT2D eigenvalue weighted by atomic mass is 16.1. The van der Waals surface area contributed by atoms with E-state index in [0.29, 0.717) is 11.6 Å². The molecule has 0 atom stereocenters. The fourth-order valence-corrected chi connectivity index (χ4v) is 2.85. The topological polar surface area (TPSA) is 59.8 Å². The summed E-state index contributed by atoms with van der Waals surface area (Å²) < 4.78 is 1.81. The van der Waals surface area contributed by atoms with Crippen LogP contribution in [0.5, 0.6) is 0 Å². The van der Waals surface area contributed by atoms with Gasteiger partial charge in [0.15, 0.2) is 0 Å². The molecular weight excluding hydrogens is 312 g/mol. The zero-order valence-corrected chi connectivity index (χ0v) is 14.4. The van der Waals surface area contributed by atoms with Crippen LogP contribution in [-0.4, -0.2) is 26.7 Å². The van der Waals surface area contributed by atoms with Gasteiger partial charge >= 0.3 is 0 Å². The molecule has 2 heterocycles. The van der Waals surface area contributed by atoms with Crippen molar-refractivity contribution in [2.24, 2.45) is 7.05 Å². The summed E-state index contributed by atoms with van der Waals surface area (Å²) in [6.45, 7) is 2.01. The number of pyridine rings is 1. The molecule has 1 fully saturated rings. The van der Waals surface area contributed by atoms with Gasteiger partial charge in [0.25, 0.3) is 5.91 Å². The van der Waals surface area contributed by atoms with Crippen molar-refractivity contribution in [3.63, 3.8) is 0 Å². The summed E-state index contributed by atoms with van der Waals surface area (Å²) in [6.07, 6.45) is 5.74. The van der Waals surface area contributed by atoms with Crippen molar-refractivity contribution in [3.8, 4) is 22.5 Å². The second-order valence-corrected chi connectivity index (χ2v) is 6.61. The SMILES string of the molecule is Cc1ccc(-c2cc(C(=O)NC3CC3)cc(-c3ccnn3C)c2)nc1. The van der Waals surface area contributed by atoms with Crippen LogP contribution < -0.4 is 5.32 Å². The Balaban J connectivity index is 1.80. The number of carbonyl (C=O) groups excluding carboxylic acids is 1. The normalized spacial score (nSPS) is 13.7. The maximum atomic E-state index is 12.6. The van der Waals surface area contributed by atoms with Crippen LogP contribution in [0.1, 0.15) is 28.8 Å². The Bertz CT molecular complexity index is 923. The van der Waals surface area contributed by atoms with Gasteiger partial charge in [0, 0.05) is 42.2 Å². The lowest BCUT2D eigenvalue weighted by Gasteiger charge is -2.11. The number of rotatable bonds is 4. The number of nitrogens with zero attached hydrogens (tertiary/aromatic N) is 3. The van der Waals surface area contributed by atoms with E-state index in [-0.39, 0.29) is 5.91 Å². The van der Waals surface area contributed by atoms with E-state index in [1.54, 1.807) is 6.20 Å². The predicted octanol–water partition coefficient (Wildman–Crippen LogP) is 3.35. The first-order valence-corrected chi connectivity index (χ1v) is 8.47. The lowest BCUT2D eigenvalue weighted by molar-refractivity contribution is 0.0951. The van der Waals surface area contributed by atoms with Crippen LogP contribution in [0.2, 0.25) is 0 Å². The second kappa shape index (κ2) is 6.16. The molecule has 0 aliphatic heterocycles. The standard InChI is InChI=1S/C20H20N4O/c1-13-3-6-18(21-12-13)14-9-15(19-7-8-22-24(19)2)11-16(10-14)20(25)23-17-4-5-17/h3,6-12,17H,4-5H2,1-2H3,(H,23,25). The van der Waals surface area contributed by atoms with Crippen molar-refractivity contribution in [1.82, 2.24) is 20.1 Å². The molecule has 1 N–H and O–H groups in total. The average molecular weight is 332 g/mol. The first-order chi connectivity index (χ1) is 12.1. The smallest absolute Gasteiger partial charge is 0.251 e. The van der Waals surface area contributed by atoms with Crippen LogP contribution in [0.3, 0.4) is 0 Å². The first-order valence-electron chi connectivity index (χ1n) is 8.47. The van der Waals surface area contributed by atoms with Crippen LogP contribution in [0.4, 0.5) is 0 Å². The molecule has 1 amide bonds. The zero-order chi connectivity index (χ0) is 17.4. The van der Waals surface area contributed by atoms with Gasteiger partial charge in [0.05, 0.1) is 11.4 Å². The van der Waals surface area contributed by atoms with Crippen LogP contribution >= 0.6 is 0 Å². The van der Waals surface area contributed by atoms with E-state index < -0.39 is 0 Å². The Morgan fingerprint density at radius 2 is 1.96 bits per heavy atom. The molecule has 25 heavy (non-hydrogen) atoms. The zero-order valence-electron chi connectivity index (χ0n) is 14.4. The Morgan fingerprint density at radius 3 is 2.60 bits per heavy atom. The van der Waals surface area contributed by atoms with Crippen molar-refractivity contribution in [2.45, 2.75) is 25.8 Å². The molecule has 2 aromatic heterocycles. The first kappa shape index (κ1) is 15.6. The van der Waals surface area contributed by atoms with E-state index in [2.05, 4.69) is 21.5 Å². The van der Waals surface area contributed by atoms with Crippen LogP contribution in [0.25, 0.3) is 22.5 Å². The quantitative estimate of drug-likeness (QED) is 0.797. The van der Waals surface area contributed by atoms with Gasteiger partial charge < -0.3 is 5.32 Å².